The third-order valence-corrected chi connectivity index (χ3v) is 14.9. The molecule has 2 atom stereocenters. The fourth-order valence-electron chi connectivity index (χ4n) is 11.5. The van der Waals surface area contributed by atoms with Gasteiger partial charge in [-0.15, -0.1) is 0 Å². The Hall–Kier alpha value is -6.12. The maximum Gasteiger partial charge on any atom is 0.223 e. The lowest BCUT2D eigenvalue weighted by Gasteiger charge is -2.32. The molecule has 2 saturated carbocycles. The first kappa shape index (κ1) is 44.7. The van der Waals surface area contributed by atoms with Gasteiger partial charge in [0.15, 0.2) is 0 Å². The van der Waals surface area contributed by atoms with Crippen LogP contribution in [0, 0.1) is 27.7 Å². The molecule has 4 aliphatic rings. The van der Waals surface area contributed by atoms with Crippen molar-refractivity contribution in [3.8, 4) is 22.3 Å². The second-order valence-electron chi connectivity index (χ2n) is 19.0. The first-order valence-electron chi connectivity index (χ1n) is 24.2. The molecule has 2 amide bonds. The number of nitrogens with one attached hydrogen (secondary N) is 1. The maximum absolute atomic E-state index is 13.1. The molecule has 14 nitrogen and oxygen atoms in total. The monoisotopic (exact) mass is 906 g/mol. The summed E-state index contributed by atoms with van der Waals surface area (Å²) in [5.41, 5.74) is 11.3. The smallest absolute Gasteiger partial charge is 0.223 e. The van der Waals surface area contributed by atoms with Gasteiger partial charge in [-0.1, -0.05) is 52.8 Å². The van der Waals surface area contributed by atoms with E-state index in [9.17, 15) is 9.59 Å². The minimum absolute atomic E-state index is 0.0208. The van der Waals surface area contributed by atoms with Crippen molar-refractivity contribution in [2.75, 3.05) is 14.2 Å². The Balaban J connectivity index is 0.000000160. The second kappa shape index (κ2) is 18.9. The molecule has 0 spiro atoms. The number of rotatable bonds is 10. The van der Waals surface area contributed by atoms with Crippen LogP contribution in [0.25, 0.3) is 44.3 Å². The number of hydrogen-bond donors (Lipinski definition) is 1. The Bertz CT molecular complexity index is 2860. The number of aromatic nitrogens is 6. The molecule has 0 radical (unpaired) electrons. The van der Waals surface area contributed by atoms with Crippen molar-refractivity contribution < 1.29 is 28.1 Å². The minimum Gasteiger partial charge on any atom is -0.381 e. The second-order valence-corrected chi connectivity index (χ2v) is 19.0. The first-order valence-corrected chi connectivity index (χ1v) is 24.2. The van der Waals surface area contributed by atoms with Crippen molar-refractivity contribution >= 4 is 33.9 Å². The molecule has 3 aromatic carbocycles. The van der Waals surface area contributed by atoms with Gasteiger partial charge in [0.25, 0.3) is 0 Å². The topological polar surface area (TPSA) is 156 Å². The molecule has 6 heterocycles. The molecule has 2 aliphatic heterocycles. The minimum atomic E-state index is -0.0391. The Morgan fingerprint density at radius 3 is 1.63 bits per heavy atom. The molecule has 14 heteroatoms. The summed E-state index contributed by atoms with van der Waals surface area (Å²) >= 11 is 0. The van der Waals surface area contributed by atoms with Gasteiger partial charge in [0.2, 0.25) is 11.8 Å². The number of likely N-dealkylation sites (tertiary alicyclic amines) is 1. The van der Waals surface area contributed by atoms with E-state index in [1.54, 1.807) is 7.11 Å². The molecule has 2 aliphatic carbocycles. The van der Waals surface area contributed by atoms with E-state index in [0.717, 1.165) is 149 Å². The fraction of sp³-hybridized carbons (Fsp3) is 0.472. The lowest BCUT2D eigenvalue weighted by molar-refractivity contribution is -0.129. The van der Waals surface area contributed by atoms with Crippen molar-refractivity contribution in [2.45, 2.75) is 148 Å². The van der Waals surface area contributed by atoms with Crippen molar-refractivity contribution in [1.82, 2.24) is 39.6 Å². The molecular formula is C53H62N8O6. The van der Waals surface area contributed by atoms with Crippen molar-refractivity contribution in [2.24, 2.45) is 0 Å². The summed E-state index contributed by atoms with van der Waals surface area (Å²) in [6.07, 6.45) is 11.8. The zero-order valence-electron chi connectivity index (χ0n) is 39.6. The van der Waals surface area contributed by atoms with Crippen molar-refractivity contribution in [3.05, 3.63) is 107 Å². The van der Waals surface area contributed by atoms with Crippen LogP contribution in [0.3, 0.4) is 0 Å². The molecule has 4 fully saturated rings. The summed E-state index contributed by atoms with van der Waals surface area (Å²) in [4.78, 5) is 37.3. The van der Waals surface area contributed by atoms with Crippen LogP contribution in [-0.2, 0) is 25.6 Å². The van der Waals surface area contributed by atoms with Gasteiger partial charge in [-0.3, -0.25) is 9.59 Å². The van der Waals surface area contributed by atoms with Crippen LogP contribution < -0.4 is 5.32 Å². The SMILES string of the molecule is COC1CCC(n2c([C@@H]3CCC(=O)N3)nc3cc(-c4c(C)noc4C)ccc32)CC1.COC1CCC(n2c([C@@H]3CCC(=O)N3Cc3ccccc3)nc3cc(-c4c(C)noc4C)ccc32)CC1. The third-order valence-electron chi connectivity index (χ3n) is 14.9. The lowest BCUT2D eigenvalue weighted by atomic mass is 9.92. The van der Waals surface area contributed by atoms with E-state index in [4.69, 9.17) is 28.5 Å². The summed E-state index contributed by atoms with van der Waals surface area (Å²) in [6.45, 7) is 8.42. The average molecular weight is 907 g/mol. The zero-order valence-corrected chi connectivity index (χ0v) is 39.6. The van der Waals surface area contributed by atoms with Crippen LogP contribution in [0.1, 0.15) is 141 Å². The molecule has 11 rings (SSSR count). The summed E-state index contributed by atoms with van der Waals surface area (Å²) in [5.74, 6) is 3.92. The van der Waals surface area contributed by atoms with Crippen LogP contribution >= 0.6 is 0 Å². The summed E-state index contributed by atoms with van der Waals surface area (Å²) in [6, 6.07) is 23.8. The van der Waals surface area contributed by atoms with Gasteiger partial charge in [0.05, 0.1) is 57.7 Å². The molecule has 2 saturated heterocycles. The zero-order chi connectivity index (χ0) is 46.3. The highest BCUT2D eigenvalue weighted by Crippen LogP contribution is 2.42. The van der Waals surface area contributed by atoms with Crippen LogP contribution in [0.4, 0.5) is 0 Å². The predicted octanol–water partition coefficient (Wildman–Crippen LogP) is 10.7. The molecule has 7 aromatic rings. The Labute approximate surface area is 391 Å². The Morgan fingerprint density at radius 1 is 0.627 bits per heavy atom. The van der Waals surface area contributed by atoms with Gasteiger partial charge >= 0.3 is 0 Å². The molecule has 67 heavy (non-hydrogen) atoms. The molecule has 0 unspecified atom stereocenters. The van der Waals surface area contributed by atoms with Gasteiger partial charge < -0.3 is 37.9 Å². The number of amides is 2. The van der Waals surface area contributed by atoms with Gasteiger partial charge in [0, 0.05) is 56.8 Å². The highest BCUT2D eigenvalue weighted by atomic mass is 16.5. The van der Waals surface area contributed by atoms with Crippen LogP contribution in [-0.4, -0.2) is 72.6 Å². The lowest BCUT2D eigenvalue weighted by Crippen LogP contribution is -2.30. The predicted molar refractivity (Wildman–Crippen MR) is 255 cm³/mol. The summed E-state index contributed by atoms with van der Waals surface area (Å²) in [5, 5.41) is 11.4. The quantitative estimate of drug-likeness (QED) is 0.140. The van der Waals surface area contributed by atoms with Crippen LogP contribution in [0.2, 0.25) is 0 Å². The van der Waals surface area contributed by atoms with Crippen molar-refractivity contribution in [3.63, 3.8) is 0 Å². The molecule has 1 N–H and O–H groups in total. The van der Waals surface area contributed by atoms with E-state index in [0.29, 0.717) is 43.7 Å². The average Bonchev–Trinajstić information content (AvgIpc) is 4.22. The van der Waals surface area contributed by atoms with Gasteiger partial charge in [0.1, 0.15) is 23.2 Å². The highest BCUT2D eigenvalue weighted by Gasteiger charge is 2.38. The molecular weight excluding hydrogens is 845 g/mol. The number of benzene rings is 3. The number of ether oxygens (including phenoxy) is 2. The van der Waals surface area contributed by atoms with Gasteiger partial charge in [-0.25, -0.2) is 9.97 Å². The third kappa shape index (κ3) is 8.70. The number of methoxy groups -OCH3 is 2. The summed E-state index contributed by atoms with van der Waals surface area (Å²) in [7, 11) is 3.61. The number of carbonyl (C=O) groups is 2. The van der Waals surface area contributed by atoms with Crippen LogP contribution in [0.5, 0.6) is 0 Å². The molecule has 4 aromatic heterocycles. The number of carbonyl (C=O) groups excluding carboxylic acids is 2. The standard InChI is InChI=1S/C30H34N4O3.C23H28N4O3/c1-19-29(20(2)37-32-19)22-9-14-26-25(17-22)31-30(34(26)23-10-12-24(36-3)13-11-23)27-15-16-28(35)33(27)18-21-7-5-4-6-8-21;1-13-22(14(2)30-26-13)15-4-10-20-19(12-15)25-23(18-9-11-21(28)24-18)27(20)16-5-7-17(29-3)8-6-16/h4-9,14,17,23-24,27H,10-13,15-16,18H2,1-3H3;4,10,12,16-18H,5-9,11H2,1-3H3,(H,24,28)/t23?,24?,27-;16?,17?,18-/m00/s1. The normalized spacial score (nSPS) is 23.3. The number of hydrogen-bond acceptors (Lipinski definition) is 10. The summed E-state index contributed by atoms with van der Waals surface area (Å²) < 4.78 is 26.9. The van der Waals surface area contributed by atoms with E-state index in [2.05, 4.69) is 73.3 Å². The van der Waals surface area contributed by atoms with Gasteiger partial charge in [-0.2, -0.15) is 0 Å². The largest absolute Gasteiger partial charge is 0.381 e. The van der Waals surface area contributed by atoms with E-state index >= 15 is 0 Å². The van der Waals surface area contributed by atoms with Crippen molar-refractivity contribution in [1.29, 1.82) is 0 Å². The van der Waals surface area contributed by atoms with Crippen LogP contribution in [0.15, 0.2) is 75.8 Å². The van der Waals surface area contributed by atoms with E-state index < -0.39 is 0 Å². The Morgan fingerprint density at radius 2 is 1.15 bits per heavy atom. The fourth-order valence-corrected chi connectivity index (χ4v) is 11.5. The molecule has 0 bridgehead atoms. The van der Waals surface area contributed by atoms with E-state index in [-0.39, 0.29) is 23.9 Å². The van der Waals surface area contributed by atoms with Gasteiger partial charge in [-0.05, 0) is 133 Å². The number of imidazole rings is 2. The van der Waals surface area contributed by atoms with E-state index in [1.165, 1.54) is 0 Å². The number of fused-ring (bicyclic) bond motifs is 2. The highest BCUT2D eigenvalue weighted by molar-refractivity contribution is 5.86. The van der Waals surface area contributed by atoms with E-state index in [1.807, 2.05) is 57.9 Å². The Kier molecular flexibility index (Phi) is 12.6. The maximum atomic E-state index is 13.1. The number of nitrogens with zero attached hydrogens (tertiary/aromatic N) is 7. The first-order chi connectivity index (χ1) is 32.6. The molecule has 350 valence electrons. The number of aryl methyl sites for hydroxylation is 4.